The number of nitrogens with one attached hydrogen (secondary N) is 4. The van der Waals surface area contributed by atoms with Crippen LogP contribution >= 0.6 is 7.60 Å². The van der Waals surface area contributed by atoms with Crippen molar-refractivity contribution in [3.05, 3.63) is 0 Å². The fourth-order valence-corrected chi connectivity index (χ4v) is 2.75. The predicted molar refractivity (Wildman–Crippen MR) is 84.8 cm³/mol. The molecule has 0 aromatic carbocycles. The SMILES string of the molecule is CCCP(=O)(ONCCNCCN)ONCCNCCN. The molecule has 0 amide bonds. The Kier molecular flexibility index (Phi) is 14.8. The van der Waals surface area contributed by atoms with Crippen molar-refractivity contribution in [3.8, 4) is 0 Å². The maximum atomic E-state index is 12.3. The largest absolute Gasteiger partial charge is 0.363 e. The zero-order valence-electron chi connectivity index (χ0n) is 12.9. The summed E-state index contributed by atoms with van der Waals surface area (Å²) in [5.74, 6) is 0. The molecule has 0 aromatic rings. The minimum absolute atomic E-state index is 0.347. The second-order valence-corrected chi connectivity index (χ2v) is 6.42. The van der Waals surface area contributed by atoms with Gasteiger partial charge in [0.2, 0.25) is 0 Å². The van der Waals surface area contributed by atoms with Crippen LogP contribution in [0.3, 0.4) is 0 Å². The van der Waals surface area contributed by atoms with Crippen molar-refractivity contribution >= 4 is 7.60 Å². The average Bonchev–Trinajstić information content (AvgIpc) is 2.47. The number of hydrogen-bond donors (Lipinski definition) is 6. The van der Waals surface area contributed by atoms with Gasteiger partial charge in [-0.1, -0.05) is 6.92 Å². The molecule has 0 aliphatic heterocycles. The molecule has 0 aliphatic rings. The van der Waals surface area contributed by atoms with Gasteiger partial charge in [-0.05, 0) is 6.42 Å². The Hall–Kier alpha value is -0.0900. The van der Waals surface area contributed by atoms with Gasteiger partial charge in [0.15, 0.2) is 0 Å². The summed E-state index contributed by atoms with van der Waals surface area (Å²) in [6.45, 7) is 6.97. The van der Waals surface area contributed by atoms with Crippen molar-refractivity contribution in [1.29, 1.82) is 0 Å². The molecule has 128 valence electrons. The molecule has 0 saturated heterocycles. The highest BCUT2D eigenvalue weighted by molar-refractivity contribution is 7.53. The van der Waals surface area contributed by atoms with Crippen LogP contribution < -0.4 is 33.1 Å². The van der Waals surface area contributed by atoms with E-state index in [1.807, 2.05) is 6.92 Å². The third-order valence-corrected chi connectivity index (χ3v) is 4.16. The number of hydroxylamine groups is 2. The highest BCUT2D eigenvalue weighted by atomic mass is 31.2. The van der Waals surface area contributed by atoms with Gasteiger partial charge in [0.25, 0.3) is 0 Å². The van der Waals surface area contributed by atoms with E-state index >= 15 is 0 Å². The molecule has 0 heterocycles. The van der Waals surface area contributed by atoms with Crippen LogP contribution in [0.2, 0.25) is 0 Å². The second-order valence-electron chi connectivity index (χ2n) is 4.38. The molecule has 0 unspecified atom stereocenters. The average molecular weight is 326 g/mol. The van der Waals surface area contributed by atoms with E-state index in [-0.39, 0.29) is 0 Å². The summed E-state index contributed by atoms with van der Waals surface area (Å²) in [5.41, 5.74) is 16.0. The lowest BCUT2D eigenvalue weighted by Gasteiger charge is -2.18. The third kappa shape index (κ3) is 13.3. The molecule has 0 fully saturated rings. The molecular weight excluding hydrogens is 295 g/mol. The summed E-state index contributed by atoms with van der Waals surface area (Å²) in [6.07, 6.45) is 1.05. The molecule has 0 radical (unpaired) electrons. The Labute approximate surface area is 127 Å². The van der Waals surface area contributed by atoms with E-state index in [1.54, 1.807) is 0 Å². The second kappa shape index (κ2) is 14.8. The van der Waals surface area contributed by atoms with Crippen LogP contribution in [-0.4, -0.2) is 58.5 Å². The van der Waals surface area contributed by atoms with E-state index in [1.165, 1.54) is 0 Å². The fourth-order valence-electron chi connectivity index (χ4n) is 1.40. The lowest BCUT2D eigenvalue weighted by molar-refractivity contribution is 0.101. The summed E-state index contributed by atoms with van der Waals surface area (Å²) in [5, 5.41) is 6.19. The van der Waals surface area contributed by atoms with Crippen molar-refractivity contribution in [2.75, 3.05) is 58.5 Å². The first-order valence-electron chi connectivity index (χ1n) is 7.42. The predicted octanol–water partition coefficient (Wildman–Crippen LogP) is -1.27. The van der Waals surface area contributed by atoms with Crippen molar-refractivity contribution in [2.24, 2.45) is 11.5 Å². The van der Waals surface area contributed by atoms with Gasteiger partial charge in [-0.2, -0.15) is 11.0 Å². The van der Waals surface area contributed by atoms with Crippen LogP contribution in [0.5, 0.6) is 0 Å². The quantitative estimate of drug-likeness (QED) is 0.116. The summed E-state index contributed by atoms with van der Waals surface area (Å²) in [6, 6.07) is 0. The van der Waals surface area contributed by atoms with Crippen LogP contribution in [-0.2, 0) is 13.8 Å². The van der Waals surface area contributed by atoms with Gasteiger partial charge in [0.1, 0.15) is 0 Å². The Morgan fingerprint density at radius 2 is 1.33 bits per heavy atom. The van der Waals surface area contributed by atoms with Crippen LogP contribution in [0, 0.1) is 0 Å². The standard InChI is InChI=1S/C11H31N6O3P/c1-2-11-21(18,19-16-9-7-14-5-3-12)20-17-10-8-15-6-4-13/h14-17H,2-13H2,1H3. The first-order chi connectivity index (χ1) is 10.2. The summed E-state index contributed by atoms with van der Waals surface area (Å²) < 4.78 is 22.7. The third-order valence-electron chi connectivity index (χ3n) is 2.35. The van der Waals surface area contributed by atoms with Gasteiger partial charge in [0, 0.05) is 52.4 Å². The summed E-state index contributed by atoms with van der Waals surface area (Å²) in [7, 11) is -3.16. The van der Waals surface area contributed by atoms with E-state index in [9.17, 15) is 4.57 Å². The molecule has 0 atom stereocenters. The van der Waals surface area contributed by atoms with Gasteiger partial charge < -0.3 is 22.1 Å². The molecule has 10 heteroatoms. The van der Waals surface area contributed by atoms with E-state index in [2.05, 4.69) is 21.6 Å². The number of nitrogens with two attached hydrogens (primary N) is 2. The molecule has 8 N–H and O–H groups in total. The van der Waals surface area contributed by atoms with E-state index in [4.69, 9.17) is 20.7 Å². The summed E-state index contributed by atoms with van der Waals surface area (Å²) in [4.78, 5) is 0. The maximum absolute atomic E-state index is 12.3. The van der Waals surface area contributed by atoms with Crippen LogP contribution in [0.4, 0.5) is 0 Å². The topological polar surface area (TPSA) is 136 Å². The van der Waals surface area contributed by atoms with Crippen LogP contribution in [0.1, 0.15) is 13.3 Å². The molecule has 0 aromatic heterocycles. The smallest absolute Gasteiger partial charge is 0.329 e. The highest BCUT2D eigenvalue weighted by Crippen LogP contribution is 2.46. The molecule has 0 spiro atoms. The monoisotopic (exact) mass is 326 g/mol. The number of rotatable bonds is 16. The first-order valence-corrected chi connectivity index (χ1v) is 9.15. The van der Waals surface area contributed by atoms with Gasteiger partial charge >= 0.3 is 7.60 Å². The molecule has 9 nitrogen and oxygen atoms in total. The maximum Gasteiger partial charge on any atom is 0.363 e. The van der Waals surface area contributed by atoms with Gasteiger partial charge in [-0.25, -0.2) is 9.25 Å². The van der Waals surface area contributed by atoms with Gasteiger partial charge in [-0.3, -0.25) is 4.57 Å². The lowest BCUT2D eigenvalue weighted by Crippen LogP contribution is -2.32. The van der Waals surface area contributed by atoms with E-state index < -0.39 is 7.60 Å². The van der Waals surface area contributed by atoms with Crippen molar-refractivity contribution in [1.82, 2.24) is 21.6 Å². The zero-order chi connectivity index (χ0) is 15.8. The molecule has 0 bridgehead atoms. The van der Waals surface area contributed by atoms with Crippen molar-refractivity contribution < 1.29 is 13.8 Å². The summed E-state index contributed by atoms with van der Waals surface area (Å²) >= 11 is 0. The molecule has 0 rings (SSSR count). The van der Waals surface area contributed by atoms with Gasteiger partial charge in [-0.15, -0.1) is 0 Å². The molecule has 0 saturated carbocycles. The van der Waals surface area contributed by atoms with Gasteiger partial charge in [0.05, 0.1) is 6.16 Å². The fraction of sp³-hybridized carbons (Fsp3) is 1.00. The number of hydrogen-bond acceptors (Lipinski definition) is 9. The van der Waals surface area contributed by atoms with E-state index in [0.717, 1.165) is 13.1 Å². The Bertz CT molecular complexity index is 252. The minimum atomic E-state index is -3.16. The minimum Gasteiger partial charge on any atom is -0.329 e. The van der Waals surface area contributed by atoms with Crippen molar-refractivity contribution in [3.63, 3.8) is 0 Å². The molecular formula is C11H31N6O3P. The lowest BCUT2D eigenvalue weighted by atomic mass is 10.6. The Balaban J connectivity index is 3.76. The Morgan fingerprint density at radius 3 is 1.71 bits per heavy atom. The molecule has 0 aliphatic carbocycles. The zero-order valence-corrected chi connectivity index (χ0v) is 13.8. The normalized spacial score (nSPS) is 12.0. The van der Waals surface area contributed by atoms with Crippen LogP contribution in [0.25, 0.3) is 0 Å². The highest BCUT2D eigenvalue weighted by Gasteiger charge is 2.24. The Morgan fingerprint density at radius 1 is 0.857 bits per heavy atom. The first kappa shape index (κ1) is 20.9. The van der Waals surface area contributed by atoms with E-state index in [0.29, 0.717) is 51.9 Å². The van der Waals surface area contributed by atoms with Crippen molar-refractivity contribution in [2.45, 2.75) is 13.3 Å². The molecule has 21 heavy (non-hydrogen) atoms. The van der Waals surface area contributed by atoms with Crippen LogP contribution in [0.15, 0.2) is 0 Å².